The standard InChI is InChI=1S/C20H19FN2O3/c1-13(2)10-19-22-20(23-26-19)14-8-9-17(18(11-14)24-3)25-12-15-6-4-5-7-16(15)21/h4-11H,12H2,1-3H3. The third kappa shape index (κ3) is 4.08. The van der Waals surface area contributed by atoms with E-state index in [1.54, 1.807) is 49.6 Å². The van der Waals surface area contributed by atoms with E-state index in [-0.39, 0.29) is 12.4 Å². The van der Waals surface area contributed by atoms with Crippen LogP contribution in [0.25, 0.3) is 17.5 Å². The quantitative estimate of drug-likeness (QED) is 0.631. The number of aromatic nitrogens is 2. The summed E-state index contributed by atoms with van der Waals surface area (Å²) in [6, 6.07) is 11.8. The predicted octanol–water partition coefficient (Wildman–Crippen LogP) is 4.89. The van der Waals surface area contributed by atoms with Crippen LogP contribution in [0.5, 0.6) is 11.5 Å². The van der Waals surface area contributed by atoms with Crippen LogP contribution in [0.3, 0.4) is 0 Å². The van der Waals surface area contributed by atoms with Crippen molar-refractivity contribution in [2.24, 2.45) is 0 Å². The lowest BCUT2D eigenvalue weighted by molar-refractivity contribution is 0.280. The molecule has 134 valence electrons. The third-order valence-corrected chi connectivity index (χ3v) is 3.62. The second-order valence-corrected chi connectivity index (χ2v) is 5.92. The molecule has 0 saturated heterocycles. The first-order valence-electron chi connectivity index (χ1n) is 8.10. The number of hydrogen-bond acceptors (Lipinski definition) is 5. The summed E-state index contributed by atoms with van der Waals surface area (Å²) in [6.07, 6.45) is 1.81. The molecule has 3 aromatic rings. The number of ether oxygens (including phenoxy) is 2. The molecule has 0 spiro atoms. The molecule has 0 saturated carbocycles. The van der Waals surface area contributed by atoms with Crippen molar-refractivity contribution in [2.75, 3.05) is 7.11 Å². The third-order valence-electron chi connectivity index (χ3n) is 3.62. The van der Waals surface area contributed by atoms with Crippen LogP contribution < -0.4 is 9.47 Å². The highest BCUT2D eigenvalue weighted by Gasteiger charge is 2.12. The smallest absolute Gasteiger partial charge is 0.250 e. The normalized spacial score (nSPS) is 10.5. The maximum absolute atomic E-state index is 13.7. The summed E-state index contributed by atoms with van der Waals surface area (Å²) in [5, 5.41) is 3.97. The second-order valence-electron chi connectivity index (χ2n) is 5.92. The van der Waals surface area contributed by atoms with Gasteiger partial charge in [-0.15, -0.1) is 0 Å². The molecule has 0 unspecified atom stereocenters. The molecule has 0 N–H and O–H groups in total. The van der Waals surface area contributed by atoms with Gasteiger partial charge in [0.25, 0.3) is 5.89 Å². The first kappa shape index (κ1) is 17.7. The van der Waals surface area contributed by atoms with Crippen molar-refractivity contribution >= 4 is 6.08 Å². The van der Waals surface area contributed by atoms with Gasteiger partial charge in [-0.05, 0) is 38.1 Å². The molecule has 0 aliphatic heterocycles. The number of methoxy groups -OCH3 is 1. The minimum absolute atomic E-state index is 0.106. The Morgan fingerprint density at radius 2 is 1.96 bits per heavy atom. The van der Waals surface area contributed by atoms with Crippen molar-refractivity contribution < 1.29 is 18.4 Å². The fraction of sp³-hybridized carbons (Fsp3) is 0.200. The van der Waals surface area contributed by atoms with Crippen LogP contribution in [-0.4, -0.2) is 17.3 Å². The Kier molecular flexibility index (Phi) is 5.31. The Morgan fingerprint density at radius 1 is 1.15 bits per heavy atom. The highest BCUT2D eigenvalue weighted by atomic mass is 19.1. The Morgan fingerprint density at radius 3 is 2.69 bits per heavy atom. The topological polar surface area (TPSA) is 57.4 Å². The van der Waals surface area contributed by atoms with Crippen molar-refractivity contribution in [3.8, 4) is 22.9 Å². The minimum Gasteiger partial charge on any atom is -0.493 e. The lowest BCUT2D eigenvalue weighted by Crippen LogP contribution is -2.00. The Hall–Kier alpha value is -3.15. The van der Waals surface area contributed by atoms with Crippen molar-refractivity contribution in [3.05, 3.63) is 65.3 Å². The summed E-state index contributed by atoms with van der Waals surface area (Å²) >= 11 is 0. The van der Waals surface area contributed by atoms with Crippen molar-refractivity contribution in [1.29, 1.82) is 0 Å². The zero-order valence-corrected chi connectivity index (χ0v) is 14.8. The molecular formula is C20H19FN2O3. The first-order chi connectivity index (χ1) is 12.6. The number of rotatable bonds is 6. The zero-order valence-electron chi connectivity index (χ0n) is 14.8. The summed E-state index contributed by atoms with van der Waals surface area (Å²) < 4.78 is 30.0. The van der Waals surface area contributed by atoms with Gasteiger partial charge in [-0.3, -0.25) is 0 Å². The molecule has 0 bridgehead atoms. The van der Waals surface area contributed by atoms with E-state index < -0.39 is 0 Å². The lowest BCUT2D eigenvalue weighted by Gasteiger charge is -2.11. The number of hydrogen-bond donors (Lipinski definition) is 0. The van der Waals surface area contributed by atoms with Crippen LogP contribution in [0.2, 0.25) is 0 Å². The number of allylic oxidation sites excluding steroid dienone is 1. The highest BCUT2D eigenvalue weighted by Crippen LogP contribution is 2.32. The Bertz CT molecular complexity index is 930. The summed E-state index contributed by atoms with van der Waals surface area (Å²) in [7, 11) is 1.54. The van der Waals surface area contributed by atoms with E-state index >= 15 is 0 Å². The minimum atomic E-state index is -0.304. The molecule has 0 aliphatic carbocycles. The Balaban J connectivity index is 1.80. The van der Waals surface area contributed by atoms with E-state index in [0.717, 1.165) is 11.1 Å². The van der Waals surface area contributed by atoms with Gasteiger partial charge in [0.15, 0.2) is 11.5 Å². The van der Waals surface area contributed by atoms with Crippen molar-refractivity contribution in [1.82, 2.24) is 10.1 Å². The molecule has 0 amide bonds. The van der Waals surface area contributed by atoms with Gasteiger partial charge in [0, 0.05) is 17.2 Å². The van der Waals surface area contributed by atoms with Crippen LogP contribution in [0, 0.1) is 5.82 Å². The van der Waals surface area contributed by atoms with Gasteiger partial charge in [0.2, 0.25) is 5.82 Å². The summed E-state index contributed by atoms with van der Waals surface area (Å²) in [5.74, 6) is 1.61. The molecule has 26 heavy (non-hydrogen) atoms. The first-order valence-corrected chi connectivity index (χ1v) is 8.10. The average molecular weight is 354 g/mol. The number of nitrogens with zero attached hydrogens (tertiary/aromatic N) is 2. The molecule has 5 nitrogen and oxygen atoms in total. The molecule has 0 atom stereocenters. The maximum Gasteiger partial charge on any atom is 0.250 e. The zero-order chi connectivity index (χ0) is 18.5. The fourth-order valence-corrected chi connectivity index (χ4v) is 2.35. The van der Waals surface area contributed by atoms with Gasteiger partial charge in [0.1, 0.15) is 12.4 Å². The van der Waals surface area contributed by atoms with Gasteiger partial charge in [-0.2, -0.15) is 4.98 Å². The lowest BCUT2D eigenvalue weighted by atomic mass is 10.2. The fourth-order valence-electron chi connectivity index (χ4n) is 2.35. The molecule has 1 aromatic heterocycles. The molecule has 0 aliphatic rings. The van der Waals surface area contributed by atoms with E-state index in [1.165, 1.54) is 6.07 Å². The van der Waals surface area contributed by atoms with Gasteiger partial charge in [-0.25, -0.2) is 4.39 Å². The summed E-state index contributed by atoms with van der Waals surface area (Å²) in [6.45, 7) is 4.01. The molecular weight excluding hydrogens is 335 g/mol. The molecule has 0 radical (unpaired) electrons. The molecule has 1 heterocycles. The molecule has 3 rings (SSSR count). The molecule has 6 heteroatoms. The van der Waals surface area contributed by atoms with Crippen LogP contribution in [0.1, 0.15) is 25.3 Å². The van der Waals surface area contributed by atoms with Crippen LogP contribution in [0.15, 0.2) is 52.6 Å². The van der Waals surface area contributed by atoms with Crippen LogP contribution >= 0.6 is 0 Å². The van der Waals surface area contributed by atoms with E-state index in [0.29, 0.717) is 28.8 Å². The molecule has 2 aromatic carbocycles. The predicted molar refractivity (Wildman–Crippen MR) is 96.3 cm³/mol. The van der Waals surface area contributed by atoms with E-state index in [2.05, 4.69) is 10.1 Å². The van der Waals surface area contributed by atoms with Crippen LogP contribution in [0.4, 0.5) is 4.39 Å². The van der Waals surface area contributed by atoms with Gasteiger partial charge < -0.3 is 14.0 Å². The monoisotopic (exact) mass is 354 g/mol. The van der Waals surface area contributed by atoms with Crippen LogP contribution in [-0.2, 0) is 6.61 Å². The largest absolute Gasteiger partial charge is 0.493 e. The summed E-state index contributed by atoms with van der Waals surface area (Å²) in [5.41, 5.74) is 2.27. The SMILES string of the molecule is COc1cc(-c2noc(C=C(C)C)n2)ccc1OCc1ccccc1F. The Labute approximate surface area is 151 Å². The van der Waals surface area contributed by atoms with Crippen molar-refractivity contribution in [2.45, 2.75) is 20.5 Å². The second kappa shape index (κ2) is 7.82. The number of benzene rings is 2. The van der Waals surface area contributed by atoms with E-state index in [4.69, 9.17) is 14.0 Å². The molecule has 0 fully saturated rings. The van der Waals surface area contributed by atoms with Gasteiger partial charge in [0.05, 0.1) is 7.11 Å². The number of halogens is 1. The maximum atomic E-state index is 13.7. The highest BCUT2D eigenvalue weighted by molar-refractivity contribution is 5.61. The van der Waals surface area contributed by atoms with E-state index in [1.807, 2.05) is 13.8 Å². The van der Waals surface area contributed by atoms with Gasteiger partial charge in [-0.1, -0.05) is 28.9 Å². The van der Waals surface area contributed by atoms with E-state index in [9.17, 15) is 4.39 Å². The van der Waals surface area contributed by atoms with Gasteiger partial charge >= 0.3 is 0 Å². The van der Waals surface area contributed by atoms with Crippen molar-refractivity contribution in [3.63, 3.8) is 0 Å². The summed E-state index contributed by atoms with van der Waals surface area (Å²) in [4.78, 5) is 4.33. The average Bonchev–Trinajstić information content (AvgIpc) is 3.08.